The smallest absolute Gasteiger partial charge is 0.259 e. The van der Waals surface area contributed by atoms with Gasteiger partial charge in [-0.3, -0.25) is 9.20 Å². The zero-order valence-corrected chi connectivity index (χ0v) is 14.0. The second-order valence-electron chi connectivity index (χ2n) is 7.83. The Bertz CT molecular complexity index is 749. The number of nitrogens with zero attached hydrogens (tertiary/aromatic N) is 3. The molecule has 4 heteroatoms. The van der Waals surface area contributed by atoms with Crippen LogP contribution in [0.1, 0.15) is 71.2 Å². The van der Waals surface area contributed by atoms with Gasteiger partial charge < -0.3 is 0 Å². The van der Waals surface area contributed by atoms with Crippen LogP contribution in [0.4, 0.5) is 0 Å². The monoisotopic (exact) mass is 299 g/mol. The molecule has 0 amide bonds. The Kier molecular flexibility index (Phi) is 3.58. The minimum absolute atomic E-state index is 0.0194. The van der Waals surface area contributed by atoms with Crippen LogP contribution in [-0.4, -0.2) is 14.4 Å². The van der Waals surface area contributed by atoms with Crippen molar-refractivity contribution in [3.05, 3.63) is 40.1 Å². The molecule has 0 aliphatic heterocycles. The second-order valence-corrected chi connectivity index (χ2v) is 7.83. The predicted octanol–water partition coefficient (Wildman–Crippen LogP) is 3.61. The first-order valence-electron chi connectivity index (χ1n) is 8.21. The van der Waals surface area contributed by atoms with E-state index in [9.17, 15) is 4.79 Å². The SMILES string of the molecule is CC(C)(C)c1ccn2c(=O)cc(C3(C)CCCCC3)nc2n1. The van der Waals surface area contributed by atoms with E-state index in [-0.39, 0.29) is 16.4 Å². The molecular formula is C18H25N3O. The summed E-state index contributed by atoms with van der Waals surface area (Å²) in [5.41, 5.74) is 1.82. The first-order valence-corrected chi connectivity index (χ1v) is 8.21. The van der Waals surface area contributed by atoms with Crippen LogP contribution in [0.2, 0.25) is 0 Å². The van der Waals surface area contributed by atoms with Gasteiger partial charge in [0.2, 0.25) is 5.78 Å². The lowest BCUT2D eigenvalue weighted by atomic mass is 9.73. The Hall–Kier alpha value is -1.71. The van der Waals surface area contributed by atoms with Gasteiger partial charge in [-0.2, -0.15) is 0 Å². The third-order valence-corrected chi connectivity index (χ3v) is 4.88. The van der Waals surface area contributed by atoms with Crippen LogP contribution in [-0.2, 0) is 10.8 Å². The maximum Gasteiger partial charge on any atom is 0.259 e. The topological polar surface area (TPSA) is 47.3 Å². The molecule has 2 aromatic rings. The van der Waals surface area contributed by atoms with Crippen LogP contribution in [0.3, 0.4) is 0 Å². The highest BCUT2D eigenvalue weighted by atomic mass is 16.1. The van der Waals surface area contributed by atoms with E-state index >= 15 is 0 Å². The molecule has 0 bridgehead atoms. The van der Waals surface area contributed by atoms with Crippen molar-refractivity contribution >= 4 is 5.78 Å². The van der Waals surface area contributed by atoms with Gasteiger partial charge in [0.25, 0.3) is 5.56 Å². The molecule has 0 radical (unpaired) electrons. The largest absolute Gasteiger partial charge is 0.269 e. The van der Waals surface area contributed by atoms with Crippen molar-refractivity contribution in [1.29, 1.82) is 0 Å². The molecule has 1 aliphatic rings. The van der Waals surface area contributed by atoms with E-state index in [0.717, 1.165) is 24.2 Å². The van der Waals surface area contributed by atoms with Crippen LogP contribution in [0, 0.1) is 0 Å². The minimum Gasteiger partial charge on any atom is -0.269 e. The Morgan fingerprint density at radius 3 is 2.45 bits per heavy atom. The lowest BCUT2D eigenvalue weighted by Crippen LogP contribution is -2.30. The molecule has 0 unspecified atom stereocenters. The van der Waals surface area contributed by atoms with E-state index in [1.165, 1.54) is 19.3 Å². The van der Waals surface area contributed by atoms with E-state index in [4.69, 9.17) is 4.98 Å². The van der Waals surface area contributed by atoms with Crippen molar-refractivity contribution < 1.29 is 0 Å². The molecule has 22 heavy (non-hydrogen) atoms. The van der Waals surface area contributed by atoms with Crippen LogP contribution in [0.15, 0.2) is 23.1 Å². The summed E-state index contributed by atoms with van der Waals surface area (Å²) in [6, 6.07) is 3.62. The Morgan fingerprint density at radius 2 is 1.82 bits per heavy atom. The average Bonchev–Trinajstić information content (AvgIpc) is 2.46. The molecule has 0 aromatic carbocycles. The summed E-state index contributed by atoms with van der Waals surface area (Å²) in [6.07, 6.45) is 7.73. The molecular weight excluding hydrogens is 274 g/mol. The molecule has 2 heterocycles. The third kappa shape index (κ3) is 2.67. The summed E-state index contributed by atoms with van der Waals surface area (Å²) in [6.45, 7) is 8.60. The summed E-state index contributed by atoms with van der Waals surface area (Å²) in [5.74, 6) is 0.529. The van der Waals surface area contributed by atoms with Crippen LogP contribution < -0.4 is 5.56 Å². The summed E-state index contributed by atoms with van der Waals surface area (Å²) in [7, 11) is 0. The molecule has 3 rings (SSSR count). The Morgan fingerprint density at radius 1 is 1.14 bits per heavy atom. The number of rotatable bonds is 1. The standard InChI is InChI=1S/C18H25N3O/c1-17(2,3)13-8-11-21-15(22)12-14(20-16(21)19-13)18(4)9-6-5-7-10-18/h8,11-12H,5-7,9-10H2,1-4H3. The van der Waals surface area contributed by atoms with Gasteiger partial charge in [-0.05, 0) is 18.9 Å². The van der Waals surface area contributed by atoms with Crippen molar-refractivity contribution in [2.75, 3.05) is 0 Å². The molecule has 0 spiro atoms. The fourth-order valence-corrected chi connectivity index (χ4v) is 3.30. The maximum absolute atomic E-state index is 12.4. The number of fused-ring (bicyclic) bond motifs is 1. The third-order valence-electron chi connectivity index (χ3n) is 4.88. The molecule has 0 N–H and O–H groups in total. The highest BCUT2D eigenvalue weighted by Crippen LogP contribution is 2.37. The van der Waals surface area contributed by atoms with Crippen molar-refractivity contribution in [1.82, 2.24) is 14.4 Å². The zero-order chi connectivity index (χ0) is 16.0. The summed E-state index contributed by atoms with van der Waals surface area (Å²) >= 11 is 0. The van der Waals surface area contributed by atoms with Gasteiger partial charge in [-0.15, -0.1) is 0 Å². The number of aromatic nitrogens is 3. The quantitative estimate of drug-likeness (QED) is 0.808. The molecule has 0 atom stereocenters. The van der Waals surface area contributed by atoms with Gasteiger partial charge in [0.1, 0.15) is 0 Å². The lowest BCUT2D eigenvalue weighted by molar-refractivity contribution is 0.312. The van der Waals surface area contributed by atoms with E-state index in [1.807, 2.05) is 6.07 Å². The summed E-state index contributed by atoms with van der Waals surface area (Å²) in [4.78, 5) is 21.8. The highest BCUT2D eigenvalue weighted by Gasteiger charge is 2.31. The highest BCUT2D eigenvalue weighted by molar-refractivity contribution is 5.34. The summed E-state index contributed by atoms with van der Waals surface area (Å²) < 4.78 is 1.55. The Labute approximate surface area is 131 Å². The van der Waals surface area contributed by atoms with E-state index in [0.29, 0.717) is 5.78 Å². The van der Waals surface area contributed by atoms with E-state index in [2.05, 4.69) is 32.7 Å². The van der Waals surface area contributed by atoms with Crippen molar-refractivity contribution in [2.45, 2.75) is 70.6 Å². The maximum atomic E-state index is 12.4. The Balaban J connectivity index is 2.15. The van der Waals surface area contributed by atoms with Gasteiger partial charge in [-0.1, -0.05) is 47.0 Å². The second kappa shape index (κ2) is 5.18. The van der Waals surface area contributed by atoms with Crippen LogP contribution in [0.5, 0.6) is 0 Å². The van der Waals surface area contributed by atoms with E-state index < -0.39 is 0 Å². The molecule has 1 aliphatic carbocycles. The molecule has 1 saturated carbocycles. The molecule has 2 aromatic heterocycles. The fourth-order valence-electron chi connectivity index (χ4n) is 3.30. The normalized spacial score (nSPS) is 18.5. The average molecular weight is 299 g/mol. The van der Waals surface area contributed by atoms with Gasteiger partial charge in [0.05, 0.1) is 11.4 Å². The fraction of sp³-hybridized carbons (Fsp3) is 0.611. The van der Waals surface area contributed by atoms with Gasteiger partial charge in [-0.25, -0.2) is 9.97 Å². The minimum atomic E-state index is -0.0514. The van der Waals surface area contributed by atoms with Crippen molar-refractivity contribution in [3.63, 3.8) is 0 Å². The van der Waals surface area contributed by atoms with Crippen molar-refractivity contribution in [3.8, 4) is 0 Å². The number of hydrogen-bond acceptors (Lipinski definition) is 3. The molecule has 0 saturated heterocycles. The van der Waals surface area contributed by atoms with Crippen LogP contribution in [0.25, 0.3) is 5.78 Å². The van der Waals surface area contributed by atoms with Crippen molar-refractivity contribution in [2.24, 2.45) is 0 Å². The molecule has 118 valence electrons. The molecule has 1 fully saturated rings. The van der Waals surface area contributed by atoms with E-state index in [1.54, 1.807) is 16.7 Å². The lowest BCUT2D eigenvalue weighted by Gasteiger charge is -2.32. The van der Waals surface area contributed by atoms with Gasteiger partial charge in [0, 0.05) is 23.1 Å². The zero-order valence-electron chi connectivity index (χ0n) is 14.0. The molecule has 4 nitrogen and oxygen atoms in total. The van der Waals surface area contributed by atoms with Gasteiger partial charge in [0.15, 0.2) is 0 Å². The number of hydrogen-bond donors (Lipinski definition) is 0. The van der Waals surface area contributed by atoms with Gasteiger partial charge >= 0.3 is 0 Å². The first kappa shape index (κ1) is 15.2. The first-order chi connectivity index (χ1) is 10.3. The summed E-state index contributed by atoms with van der Waals surface area (Å²) in [5, 5.41) is 0. The van der Waals surface area contributed by atoms with Crippen LogP contribution >= 0.6 is 0 Å². The predicted molar refractivity (Wildman–Crippen MR) is 88.4 cm³/mol.